The Kier molecular flexibility index (Phi) is 5.09. The van der Waals surface area contributed by atoms with Crippen molar-refractivity contribution in [3.8, 4) is 0 Å². The van der Waals surface area contributed by atoms with E-state index in [0.717, 1.165) is 19.3 Å². The van der Waals surface area contributed by atoms with Crippen LogP contribution in [0.4, 0.5) is 0 Å². The van der Waals surface area contributed by atoms with Crippen LogP contribution in [0.2, 0.25) is 0 Å². The van der Waals surface area contributed by atoms with Gasteiger partial charge in [0.1, 0.15) is 0 Å². The van der Waals surface area contributed by atoms with Gasteiger partial charge in [0.25, 0.3) is 0 Å². The van der Waals surface area contributed by atoms with E-state index >= 15 is 0 Å². The Balaban J connectivity index is 4.30. The molecule has 1 unspecified atom stereocenters. The van der Waals surface area contributed by atoms with Crippen LogP contribution in [-0.2, 0) is 9.84 Å². The van der Waals surface area contributed by atoms with Crippen LogP contribution in [0, 0.1) is 0 Å². The van der Waals surface area contributed by atoms with E-state index in [2.05, 4.69) is 6.92 Å². The summed E-state index contributed by atoms with van der Waals surface area (Å²) in [6.07, 6.45) is 3.98. The number of rotatable bonds is 6. The molecule has 0 aliphatic carbocycles. The van der Waals surface area contributed by atoms with Gasteiger partial charge in [-0.3, -0.25) is 0 Å². The highest BCUT2D eigenvalue weighted by Crippen LogP contribution is 2.23. The minimum atomic E-state index is -3.19. The van der Waals surface area contributed by atoms with Crippen molar-refractivity contribution in [2.75, 3.05) is 6.26 Å². The number of aliphatic hydroxyl groups is 1. The Morgan fingerprint density at radius 3 is 2.14 bits per heavy atom. The van der Waals surface area contributed by atoms with Gasteiger partial charge in [-0.15, -0.1) is 0 Å². The molecule has 14 heavy (non-hydrogen) atoms. The summed E-state index contributed by atoms with van der Waals surface area (Å²) in [6, 6.07) is 0. The largest absolute Gasteiger partial charge is 0.392 e. The molecule has 0 amide bonds. The summed E-state index contributed by atoms with van der Waals surface area (Å²) >= 11 is 0. The molecule has 0 fully saturated rings. The average molecular weight is 222 g/mol. The van der Waals surface area contributed by atoms with Crippen molar-refractivity contribution in [3.05, 3.63) is 0 Å². The standard InChI is InChI=1S/C10H22O3S/c1-5-6-7-8-9(11)10(2,3)14(4,12)13/h9,11H,5-8H2,1-4H3. The van der Waals surface area contributed by atoms with Crippen molar-refractivity contribution in [1.82, 2.24) is 0 Å². The van der Waals surface area contributed by atoms with Gasteiger partial charge in [0.2, 0.25) is 0 Å². The third kappa shape index (κ3) is 3.58. The minimum absolute atomic E-state index is 0.563. The smallest absolute Gasteiger partial charge is 0.155 e. The van der Waals surface area contributed by atoms with Crippen LogP contribution in [-0.4, -0.2) is 30.6 Å². The predicted octanol–water partition coefficient (Wildman–Crippen LogP) is 1.75. The molecule has 0 saturated carbocycles. The Hall–Kier alpha value is -0.0900. The summed E-state index contributed by atoms with van der Waals surface area (Å²) in [6.45, 7) is 5.24. The average Bonchev–Trinajstić information content (AvgIpc) is 2.02. The minimum Gasteiger partial charge on any atom is -0.392 e. The van der Waals surface area contributed by atoms with Crippen molar-refractivity contribution in [1.29, 1.82) is 0 Å². The normalized spacial score (nSPS) is 15.5. The maximum Gasteiger partial charge on any atom is 0.155 e. The molecule has 0 bridgehead atoms. The lowest BCUT2D eigenvalue weighted by atomic mass is 10.0. The van der Waals surface area contributed by atoms with E-state index < -0.39 is 20.7 Å². The first-order chi connectivity index (χ1) is 6.23. The first-order valence-corrected chi connectivity index (χ1v) is 7.00. The molecule has 0 radical (unpaired) electrons. The van der Waals surface area contributed by atoms with Gasteiger partial charge in [-0.1, -0.05) is 26.2 Å². The molecule has 0 saturated heterocycles. The van der Waals surface area contributed by atoms with Crippen LogP contribution >= 0.6 is 0 Å². The lowest BCUT2D eigenvalue weighted by Gasteiger charge is -2.28. The van der Waals surface area contributed by atoms with Gasteiger partial charge in [-0.05, 0) is 20.3 Å². The number of unbranched alkanes of at least 4 members (excludes halogenated alkanes) is 2. The molecular formula is C10H22O3S. The fourth-order valence-electron chi connectivity index (χ4n) is 1.18. The SMILES string of the molecule is CCCCCC(O)C(C)(C)S(C)(=O)=O. The van der Waals surface area contributed by atoms with E-state index in [1.807, 2.05) is 0 Å². The van der Waals surface area contributed by atoms with E-state index in [-0.39, 0.29) is 0 Å². The van der Waals surface area contributed by atoms with Crippen molar-refractivity contribution in [2.45, 2.75) is 57.3 Å². The molecule has 0 aromatic rings. The van der Waals surface area contributed by atoms with E-state index in [4.69, 9.17) is 0 Å². The molecule has 0 aliphatic heterocycles. The van der Waals surface area contributed by atoms with Gasteiger partial charge in [0.15, 0.2) is 9.84 Å². The second-order valence-electron chi connectivity index (χ2n) is 4.39. The van der Waals surface area contributed by atoms with Crippen molar-refractivity contribution >= 4 is 9.84 Å². The highest BCUT2D eigenvalue weighted by molar-refractivity contribution is 7.92. The Labute approximate surface area is 87.4 Å². The Morgan fingerprint density at radius 1 is 1.29 bits per heavy atom. The van der Waals surface area contributed by atoms with Gasteiger partial charge in [-0.25, -0.2) is 8.42 Å². The molecule has 0 rings (SSSR count). The van der Waals surface area contributed by atoms with Crippen LogP contribution < -0.4 is 0 Å². The predicted molar refractivity (Wildman–Crippen MR) is 59.1 cm³/mol. The first kappa shape index (κ1) is 13.9. The molecule has 3 nitrogen and oxygen atoms in total. The van der Waals surface area contributed by atoms with Crippen molar-refractivity contribution in [2.24, 2.45) is 0 Å². The van der Waals surface area contributed by atoms with Crippen LogP contribution in [0.15, 0.2) is 0 Å². The second-order valence-corrected chi connectivity index (χ2v) is 6.98. The van der Waals surface area contributed by atoms with Gasteiger partial charge in [0.05, 0.1) is 10.9 Å². The molecule has 0 aliphatic rings. The lowest BCUT2D eigenvalue weighted by molar-refractivity contribution is 0.125. The van der Waals surface area contributed by atoms with Gasteiger partial charge in [0, 0.05) is 6.26 Å². The molecule has 0 heterocycles. The maximum atomic E-state index is 11.4. The lowest BCUT2D eigenvalue weighted by Crippen LogP contribution is -2.43. The number of aliphatic hydroxyl groups excluding tert-OH is 1. The molecule has 0 aromatic heterocycles. The van der Waals surface area contributed by atoms with Gasteiger partial charge < -0.3 is 5.11 Å². The molecule has 0 spiro atoms. The molecule has 4 heteroatoms. The van der Waals surface area contributed by atoms with Crippen LogP contribution in [0.25, 0.3) is 0 Å². The fraction of sp³-hybridized carbons (Fsp3) is 1.00. The highest BCUT2D eigenvalue weighted by Gasteiger charge is 2.37. The Morgan fingerprint density at radius 2 is 1.79 bits per heavy atom. The number of hydrogen-bond acceptors (Lipinski definition) is 3. The van der Waals surface area contributed by atoms with E-state index in [0.29, 0.717) is 6.42 Å². The summed E-state index contributed by atoms with van der Waals surface area (Å²) in [5.41, 5.74) is 0. The van der Waals surface area contributed by atoms with Crippen molar-refractivity contribution in [3.63, 3.8) is 0 Å². The summed E-state index contributed by atoms with van der Waals surface area (Å²) < 4.78 is 21.7. The number of sulfone groups is 1. The van der Waals surface area contributed by atoms with Gasteiger partial charge >= 0.3 is 0 Å². The quantitative estimate of drug-likeness (QED) is 0.697. The number of hydrogen-bond donors (Lipinski definition) is 1. The summed E-state index contributed by atoms with van der Waals surface area (Å²) in [5, 5.41) is 9.76. The van der Waals surface area contributed by atoms with Crippen LogP contribution in [0.1, 0.15) is 46.5 Å². The molecule has 1 N–H and O–H groups in total. The van der Waals surface area contributed by atoms with Crippen molar-refractivity contribution < 1.29 is 13.5 Å². The van der Waals surface area contributed by atoms with Crippen LogP contribution in [0.3, 0.4) is 0 Å². The molecule has 1 atom stereocenters. The molecule has 86 valence electrons. The zero-order valence-corrected chi connectivity index (χ0v) is 10.4. The van der Waals surface area contributed by atoms with E-state index in [9.17, 15) is 13.5 Å². The topological polar surface area (TPSA) is 54.4 Å². The zero-order chi connectivity index (χ0) is 11.4. The van der Waals surface area contributed by atoms with E-state index in [1.54, 1.807) is 13.8 Å². The molecular weight excluding hydrogens is 200 g/mol. The summed E-state index contributed by atoms with van der Waals surface area (Å²) in [7, 11) is -3.19. The highest BCUT2D eigenvalue weighted by atomic mass is 32.2. The molecule has 0 aromatic carbocycles. The summed E-state index contributed by atoms with van der Waals surface area (Å²) in [4.78, 5) is 0. The Bertz CT molecular complexity index is 255. The van der Waals surface area contributed by atoms with Gasteiger partial charge in [-0.2, -0.15) is 0 Å². The van der Waals surface area contributed by atoms with E-state index in [1.165, 1.54) is 6.26 Å². The monoisotopic (exact) mass is 222 g/mol. The maximum absolute atomic E-state index is 11.4. The van der Waals surface area contributed by atoms with Crippen LogP contribution in [0.5, 0.6) is 0 Å². The first-order valence-electron chi connectivity index (χ1n) is 5.11. The zero-order valence-electron chi connectivity index (χ0n) is 9.58. The summed E-state index contributed by atoms with van der Waals surface area (Å²) in [5.74, 6) is 0. The second kappa shape index (κ2) is 5.12. The third-order valence-electron chi connectivity index (χ3n) is 2.84. The third-order valence-corrected chi connectivity index (χ3v) is 5.02. The fourth-order valence-corrected chi connectivity index (χ4v) is 1.79.